The van der Waals surface area contributed by atoms with E-state index in [4.69, 9.17) is 10.8 Å². The number of carboxylic acid groups (broad SMARTS) is 1. The second-order valence-corrected chi connectivity index (χ2v) is 3.39. The van der Waals surface area contributed by atoms with E-state index in [9.17, 15) is 4.79 Å². The standard InChI is InChI=1S/C8H16N2O2/c9-7(8(11)12)4-6-2-1-3-10-5-6/h6-7,10H,1-5,9H2,(H,11,12)/t6?,7-/m1/s1. The molecule has 0 aromatic rings. The third-order valence-electron chi connectivity index (χ3n) is 2.30. The van der Waals surface area contributed by atoms with Gasteiger partial charge in [-0.25, -0.2) is 0 Å². The van der Waals surface area contributed by atoms with E-state index in [1.807, 2.05) is 0 Å². The van der Waals surface area contributed by atoms with Crippen LogP contribution in [-0.4, -0.2) is 30.2 Å². The van der Waals surface area contributed by atoms with Crippen LogP contribution in [0.3, 0.4) is 0 Å². The molecule has 2 atom stereocenters. The van der Waals surface area contributed by atoms with Crippen LogP contribution in [0, 0.1) is 5.92 Å². The maximum Gasteiger partial charge on any atom is 0.320 e. The Labute approximate surface area is 72.1 Å². The van der Waals surface area contributed by atoms with Crippen LogP contribution in [0.1, 0.15) is 19.3 Å². The van der Waals surface area contributed by atoms with Crippen molar-refractivity contribution in [1.82, 2.24) is 5.32 Å². The number of piperidine rings is 1. The Bertz CT molecular complexity index is 155. The number of nitrogens with two attached hydrogens (primary N) is 1. The molecule has 1 unspecified atom stereocenters. The minimum atomic E-state index is -0.888. The van der Waals surface area contributed by atoms with Gasteiger partial charge in [0.1, 0.15) is 6.04 Å². The third-order valence-corrected chi connectivity index (χ3v) is 2.30. The van der Waals surface area contributed by atoms with Crippen LogP contribution in [0.5, 0.6) is 0 Å². The van der Waals surface area contributed by atoms with Crippen molar-refractivity contribution < 1.29 is 9.90 Å². The minimum absolute atomic E-state index is 0.449. The molecule has 0 amide bonds. The molecule has 0 spiro atoms. The van der Waals surface area contributed by atoms with Gasteiger partial charge in [-0.2, -0.15) is 0 Å². The molecule has 12 heavy (non-hydrogen) atoms. The molecule has 0 aliphatic carbocycles. The zero-order valence-electron chi connectivity index (χ0n) is 7.12. The van der Waals surface area contributed by atoms with Crippen molar-refractivity contribution >= 4 is 5.97 Å². The fourth-order valence-corrected chi connectivity index (χ4v) is 1.59. The average Bonchev–Trinajstić information content (AvgIpc) is 2.06. The van der Waals surface area contributed by atoms with E-state index < -0.39 is 12.0 Å². The van der Waals surface area contributed by atoms with Crippen LogP contribution in [0.25, 0.3) is 0 Å². The molecule has 4 heteroatoms. The van der Waals surface area contributed by atoms with Gasteiger partial charge in [0.15, 0.2) is 0 Å². The van der Waals surface area contributed by atoms with Crippen LogP contribution in [0.15, 0.2) is 0 Å². The van der Waals surface area contributed by atoms with Crippen LogP contribution in [0.2, 0.25) is 0 Å². The lowest BCUT2D eigenvalue weighted by molar-refractivity contribution is -0.139. The highest BCUT2D eigenvalue weighted by molar-refractivity contribution is 5.73. The summed E-state index contributed by atoms with van der Waals surface area (Å²) in [7, 11) is 0. The van der Waals surface area contributed by atoms with Gasteiger partial charge in [-0.1, -0.05) is 0 Å². The molecule has 70 valence electrons. The molecule has 1 saturated heterocycles. The van der Waals surface area contributed by atoms with Gasteiger partial charge < -0.3 is 16.2 Å². The highest BCUT2D eigenvalue weighted by Crippen LogP contribution is 2.15. The van der Waals surface area contributed by atoms with Crippen molar-refractivity contribution in [2.24, 2.45) is 11.7 Å². The normalized spacial score (nSPS) is 26.6. The summed E-state index contributed by atoms with van der Waals surface area (Å²) >= 11 is 0. The molecule has 1 aliphatic heterocycles. The van der Waals surface area contributed by atoms with Crippen LogP contribution in [-0.2, 0) is 4.79 Å². The van der Waals surface area contributed by atoms with Crippen LogP contribution >= 0.6 is 0 Å². The van der Waals surface area contributed by atoms with Crippen LogP contribution in [0.4, 0.5) is 0 Å². The first-order chi connectivity index (χ1) is 5.70. The predicted molar refractivity (Wildman–Crippen MR) is 45.8 cm³/mol. The molecule has 1 aliphatic rings. The lowest BCUT2D eigenvalue weighted by atomic mass is 9.93. The minimum Gasteiger partial charge on any atom is -0.480 e. The Kier molecular flexibility index (Phi) is 3.49. The molecule has 0 aromatic heterocycles. The first-order valence-electron chi connectivity index (χ1n) is 4.39. The number of nitrogens with one attached hydrogen (secondary N) is 1. The van der Waals surface area contributed by atoms with E-state index in [1.54, 1.807) is 0 Å². The number of hydrogen-bond acceptors (Lipinski definition) is 3. The summed E-state index contributed by atoms with van der Waals surface area (Å²) in [6.45, 7) is 1.97. The topological polar surface area (TPSA) is 75.3 Å². The van der Waals surface area contributed by atoms with Gasteiger partial charge >= 0.3 is 5.97 Å². The van der Waals surface area contributed by atoms with Crippen molar-refractivity contribution in [1.29, 1.82) is 0 Å². The fraction of sp³-hybridized carbons (Fsp3) is 0.875. The monoisotopic (exact) mass is 172 g/mol. The second-order valence-electron chi connectivity index (χ2n) is 3.39. The first-order valence-corrected chi connectivity index (χ1v) is 4.39. The highest BCUT2D eigenvalue weighted by atomic mass is 16.4. The number of rotatable bonds is 3. The lowest BCUT2D eigenvalue weighted by Gasteiger charge is -2.23. The molecule has 4 nitrogen and oxygen atoms in total. The first kappa shape index (κ1) is 9.48. The largest absolute Gasteiger partial charge is 0.480 e. The molecule has 0 bridgehead atoms. The molecule has 0 saturated carbocycles. The summed E-state index contributed by atoms with van der Waals surface area (Å²) in [4.78, 5) is 10.4. The average molecular weight is 172 g/mol. The molecule has 1 rings (SSSR count). The lowest BCUT2D eigenvalue weighted by Crippen LogP contribution is -2.37. The Morgan fingerprint density at radius 2 is 2.50 bits per heavy atom. The van der Waals surface area contributed by atoms with Crippen molar-refractivity contribution in [2.75, 3.05) is 13.1 Å². The zero-order valence-corrected chi connectivity index (χ0v) is 7.12. The Balaban J connectivity index is 2.24. The summed E-state index contributed by atoms with van der Waals surface area (Å²) in [5.74, 6) is -0.439. The van der Waals surface area contributed by atoms with Gasteiger partial charge in [0.05, 0.1) is 0 Å². The summed E-state index contributed by atoms with van der Waals surface area (Å²) in [5, 5.41) is 11.8. The van der Waals surface area contributed by atoms with Crippen molar-refractivity contribution in [3.63, 3.8) is 0 Å². The Hall–Kier alpha value is -0.610. The van der Waals surface area contributed by atoms with Gasteiger partial charge in [0.2, 0.25) is 0 Å². The summed E-state index contributed by atoms with van der Waals surface area (Å²) in [6, 6.07) is -0.685. The fourth-order valence-electron chi connectivity index (χ4n) is 1.59. The summed E-state index contributed by atoms with van der Waals surface area (Å²) < 4.78 is 0. The summed E-state index contributed by atoms with van der Waals surface area (Å²) in [5.41, 5.74) is 5.42. The second kappa shape index (κ2) is 4.42. The number of aliphatic carboxylic acids is 1. The van der Waals surface area contributed by atoms with Crippen molar-refractivity contribution in [3.8, 4) is 0 Å². The Morgan fingerprint density at radius 3 is 3.00 bits per heavy atom. The predicted octanol–water partition coefficient (Wildman–Crippen LogP) is -0.212. The molecular formula is C8H16N2O2. The van der Waals surface area contributed by atoms with E-state index in [0.717, 1.165) is 25.9 Å². The molecule has 0 radical (unpaired) electrons. The quantitative estimate of drug-likeness (QED) is 0.550. The van der Waals surface area contributed by atoms with Crippen LogP contribution < -0.4 is 11.1 Å². The smallest absolute Gasteiger partial charge is 0.320 e. The zero-order chi connectivity index (χ0) is 8.97. The molecular weight excluding hydrogens is 156 g/mol. The van der Waals surface area contributed by atoms with Gasteiger partial charge in [-0.05, 0) is 38.3 Å². The summed E-state index contributed by atoms with van der Waals surface area (Å²) in [6.07, 6.45) is 2.84. The van der Waals surface area contributed by atoms with Crippen molar-refractivity contribution in [3.05, 3.63) is 0 Å². The highest BCUT2D eigenvalue weighted by Gasteiger charge is 2.19. The van der Waals surface area contributed by atoms with E-state index in [2.05, 4.69) is 5.32 Å². The molecule has 0 aromatic carbocycles. The van der Waals surface area contributed by atoms with Crippen molar-refractivity contribution in [2.45, 2.75) is 25.3 Å². The van der Waals surface area contributed by atoms with Gasteiger partial charge in [0.25, 0.3) is 0 Å². The van der Waals surface area contributed by atoms with E-state index in [0.29, 0.717) is 12.3 Å². The van der Waals surface area contributed by atoms with E-state index in [-0.39, 0.29) is 0 Å². The maximum atomic E-state index is 10.4. The maximum absolute atomic E-state index is 10.4. The van der Waals surface area contributed by atoms with Gasteiger partial charge in [-0.15, -0.1) is 0 Å². The van der Waals surface area contributed by atoms with Gasteiger partial charge in [0, 0.05) is 0 Å². The van der Waals surface area contributed by atoms with E-state index in [1.165, 1.54) is 0 Å². The molecule has 1 fully saturated rings. The molecule has 4 N–H and O–H groups in total. The number of carbonyl (C=O) groups is 1. The van der Waals surface area contributed by atoms with Gasteiger partial charge in [-0.3, -0.25) is 4.79 Å². The SMILES string of the molecule is N[C@H](CC1CCCNC1)C(=O)O. The van der Waals surface area contributed by atoms with E-state index >= 15 is 0 Å². The molecule has 1 heterocycles. The third kappa shape index (κ3) is 2.79. The number of carboxylic acids is 1. The number of hydrogen-bond donors (Lipinski definition) is 3. The Morgan fingerprint density at radius 1 is 1.75 bits per heavy atom.